The third-order valence-electron chi connectivity index (χ3n) is 2.02. The summed E-state index contributed by atoms with van der Waals surface area (Å²) in [6.07, 6.45) is 0. The maximum absolute atomic E-state index is 10.4. The number of anilines is 1. The van der Waals surface area contributed by atoms with E-state index in [1.54, 1.807) is 12.1 Å². The molecule has 0 saturated heterocycles. The number of benzene rings is 1. The van der Waals surface area contributed by atoms with Crippen LogP contribution in [0.5, 0.6) is 0 Å². The Morgan fingerprint density at radius 1 is 1.46 bits per heavy atom. The molecule has 1 aromatic rings. The molecule has 0 unspecified atom stereocenters. The zero-order chi connectivity index (χ0) is 9.26. The fraction of sp³-hybridized carbons (Fsp3) is 0.250. The van der Waals surface area contributed by atoms with E-state index >= 15 is 0 Å². The monoisotopic (exact) mass is 179 g/mol. The number of nitrogens with zero attached hydrogens (tertiary/aromatic N) is 1. The molecule has 0 fully saturated rings. The lowest BCUT2D eigenvalue weighted by Gasteiger charge is -2.18. The van der Waals surface area contributed by atoms with Crippen molar-refractivity contribution in [3.05, 3.63) is 33.9 Å². The lowest BCUT2D eigenvalue weighted by Crippen LogP contribution is -2.27. The molecule has 2 rings (SSSR count). The van der Waals surface area contributed by atoms with Crippen LogP contribution in [0.2, 0.25) is 0 Å². The van der Waals surface area contributed by atoms with Gasteiger partial charge in [0, 0.05) is 24.4 Å². The Balaban J connectivity index is 2.40. The Bertz CT molecular complexity index is 351. The molecule has 0 radical (unpaired) electrons. The van der Waals surface area contributed by atoms with E-state index in [1.807, 2.05) is 0 Å². The van der Waals surface area contributed by atoms with Gasteiger partial charge in [-0.2, -0.15) is 0 Å². The van der Waals surface area contributed by atoms with E-state index in [-0.39, 0.29) is 10.6 Å². The van der Waals surface area contributed by atoms with Crippen molar-refractivity contribution in [3.8, 4) is 0 Å². The topological polar surface area (TPSA) is 67.2 Å². The average molecular weight is 179 g/mol. The van der Waals surface area contributed by atoms with E-state index in [0.717, 1.165) is 17.8 Å². The minimum Gasteiger partial charge on any atom is -0.372 e. The van der Waals surface area contributed by atoms with Gasteiger partial charge in [-0.25, -0.2) is 0 Å². The summed E-state index contributed by atoms with van der Waals surface area (Å²) in [5.74, 6) is 0. The highest BCUT2D eigenvalue weighted by Gasteiger charge is 2.12. The first-order chi connectivity index (χ1) is 6.27. The molecular formula is C8H9N3O2. The number of nitro groups is 1. The van der Waals surface area contributed by atoms with Crippen molar-refractivity contribution in [2.24, 2.45) is 0 Å². The lowest BCUT2D eigenvalue weighted by atomic mass is 10.1. The molecule has 0 amide bonds. The van der Waals surface area contributed by atoms with Gasteiger partial charge < -0.3 is 5.32 Å². The van der Waals surface area contributed by atoms with Gasteiger partial charge in [-0.1, -0.05) is 0 Å². The van der Waals surface area contributed by atoms with E-state index in [0.29, 0.717) is 6.67 Å². The summed E-state index contributed by atoms with van der Waals surface area (Å²) in [6.45, 7) is 1.43. The molecule has 68 valence electrons. The van der Waals surface area contributed by atoms with Crippen LogP contribution in [0.25, 0.3) is 0 Å². The maximum Gasteiger partial charge on any atom is 0.271 e. The van der Waals surface area contributed by atoms with Gasteiger partial charge in [-0.3, -0.25) is 15.4 Å². The van der Waals surface area contributed by atoms with Crippen LogP contribution in [-0.4, -0.2) is 11.6 Å². The minimum absolute atomic E-state index is 0.133. The van der Waals surface area contributed by atoms with Crippen molar-refractivity contribution in [2.45, 2.75) is 6.54 Å². The quantitative estimate of drug-likeness (QED) is 0.499. The first kappa shape index (κ1) is 8.00. The van der Waals surface area contributed by atoms with Crippen LogP contribution in [0, 0.1) is 10.1 Å². The Kier molecular flexibility index (Phi) is 1.86. The number of fused-ring (bicyclic) bond motifs is 1. The van der Waals surface area contributed by atoms with Gasteiger partial charge in [0.05, 0.1) is 11.6 Å². The highest BCUT2D eigenvalue weighted by atomic mass is 16.6. The Hall–Kier alpha value is -1.62. The number of hydrogen-bond donors (Lipinski definition) is 2. The molecule has 0 bridgehead atoms. The molecule has 1 heterocycles. The normalized spacial score (nSPS) is 14.5. The van der Waals surface area contributed by atoms with Crippen molar-refractivity contribution >= 4 is 11.4 Å². The van der Waals surface area contributed by atoms with E-state index in [1.165, 1.54) is 6.07 Å². The second kappa shape index (κ2) is 3.02. The summed E-state index contributed by atoms with van der Waals surface area (Å²) >= 11 is 0. The zero-order valence-corrected chi connectivity index (χ0v) is 6.91. The second-order valence-electron chi connectivity index (χ2n) is 2.88. The summed E-state index contributed by atoms with van der Waals surface area (Å²) in [5.41, 5.74) is 2.05. The van der Waals surface area contributed by atoms with Gasteiger partial charge >= 0.3 is 0 Å². The van der Waals surface area contributed by atoms with Gasteiger partial charge in [0.1, 0.15) is 0 Å². The standard InChI is InChI=1S/C8H9N3O2/c12-11(13)7-2-1-6-4-9-5-10-8(6)3-7/h1-3,9-10H,4-5H2. The first-order valence-electron chi connectivity index (χ1n) is 3.99. The van der Waals surface area contributed by atoms with Crippen LogP contribution in [0.4, 0.5) is 11.4 Å². The predicted octanol–water partition coefficient (Wildman–Crippen LogP) is 1.07. The van der Waals surface area contributed by atoms with Gasteiger partial charge in [0.2, 0.25) is 0 Å². The number of rotatable bonds is 1. The van der Waals surface area contributed by atoms with Crippen molar-refractivity contribution in [1.82, 2.24) is 5.32 Å². The van der Waals surface area contributed by atoms with Gasteiger partial charge in [0.25, 0.3) is 5.69 Å². The van der Waals surface area contributed by atoms with Crippen molar-refractivity contribution < 1.29 is 4.92 Å². The lowest BCUT2D eigenvalue weighted by molar-refractivity contribution is -0.384. The van der Waals surface area contributed by atoms with Crippen molar-refractivity contribution in [2.75, 3.05) is 12.0 Å². The molecule has 1 aliphatic heterocycles. The fourth-order valence-electron chi connectivity index (χ4n) is 1.35. The predicted molar refractivity (Wildman–Crippen MR) is 48.4 cm³/mol. The molecule has 1 aliphatic rings. The van der Waals surface area contributed by atoms with E-state index in [9.17, 15) is 10.1 Å². The van der Waals surface area contributed by atoms with Crippen LogP contribution in [0.1, 0.15) is 5.56 Å². The Morgan fingerprint density at radius 3 is 3.08 bits per heavy atom. The molecule has 1 aromatic carbocycles. The van der Waals surface area contributed by atoms with Gasteiger partial charge in [0.15, 0.2) is 0 Å². The second-order valence-corrected chi connectivity index (χ2v) is 2.88. The molecular weight excluding hydrogens is 170 g/mol. The van der Waals surface area contributed by atoms with Crippen LogP contribution in [0.15, 0.2) is 18.2 Å². The Morgan fingerprint density at radius 2 is 2.31 bits per heavy atom. The molecule has 5 heteroatoms. The fourth-order valence-corrected chi connectivity index (χ4v) is 1.35. The minimum atomic E-state index is -0.385. The zero-order valence-electron chi connectivity index (χ0n) is 6.91. The van der Waals surface area contributed by atoms with Crippen LogP contribution in [0.3, 0.4) is 0 Å². The summed E-state index contributed by atoms with van der Waals surface area (Å²) in [7, 11) is 0. The molecule has 0 aromatic heterocycles. The summed E-state index contributed by atoms with van der Waals surface area (Å²) in [5, 5.41) is 16.6. The van der Waals surface area contributed by atoms with Crippen LogP contribution in [-0.2, 0) is 6.54 Å². The molecule has 2 N–H and O–H groups in total. The third-order valence-corrected chi connectivity index (χ3v) is 2.02. The Labute approximate surface area is 74.9 Å². The van der Waals surface area contributed by atoms with E-state index in [4.69, 9.17) is 0 Å². The summed E-state index contributed by atoms with van der Waals surface area (Å²) < 4.78 is 0. The van der Waals surface area contributed by atoms with Crippen molar-refractivity contribution in [1.29, 1.82) is 0 Å². The van der Waals surface area contributed by atoms with Crippen LogP contribution < -0.4 is 10.6 Å². The first-order valence-corrected chi connectivity index (χ1v) is 3.99. The highest BCUT2D eigenvalue weighted by Crippen LogP contribution is 2.23. The van der Waals surface area contributed by atoms with Crippen molar-refractivity contribution in [3.63, 3.8) is 0 Å². The number of non-ortho nitro benzene ring substituents is 1. The van der Waals surface area contributed by atoms with Gasteiger partial charge in [-0.05, 0) is 11.6 Å². The molecule has 0 aliphatic carbocycles. The van der Waals surface area contributed by atoms with E-state index in [2.05, 4.69) is 10.6 Å². The molecule has 0 atom stereocenters. The summed E-state index contributed by atoms with van der Waals surface area (Å²) in [4.78, 5) is 10.1. The SMILES string of the molecule is O=[N+]([O-])c1ccc2c(c1)NCNC2. The number of nitro benzene ring substituents is 1. The number of hydrogen-bond acceptors (Lipinski definition) is 4. The molecule has 5 nitrogen and oxygen atoms in total. The molecule has 13 heavy (non-hydrogen) atoms. The third kappa shape index (κ3) is 1.46. The van der Waals surface area contributed by atoms with E-state index < -0.39 is 0 Å². The highest BCUT2D eigenvalue weighted by molar-refractivity contribution is 5.58. The smallest absolute Gasteiger partial charge is 0.271 e. The maximum atomic E-state index is 10.4. The number of nitrogens with one attached hydrogen (secondary N) is 2. The molecule has 0 saturated carbocycles. The van der Waals surface area contributed by atoms with Crippen LogP contribution >= 0.6 is 0 Å². The van der Waals surface area contributed by atoms with Gasteiger partial charge in [-0.15, -0.1) is 0 Å². The summed E-state index contributed by atoms with van der Waals surface area (Å²) in [6, 6.07) is 4.86. The largest absolute Gasteiger partial charge is 0.372 e. The molecule has 0 spiro atoms. The average Bonchev–Trinajstić information content (AvgIpc) is 2.17.